The van der Waals surface area contributed by atoms with Crippen LogP contribution < -0.4 is 0 Å². The maximum absolute atomic E-state index is 8.15. The van der Waals surface area contributed by atoms with Gasteiger partial charge in [0.25, 0.3) is 0 Å². The number of aliphatic hydroxyl groups is 1. The number of hydrogen-bond donors (Lipinski definition) is 1. The normalized spacial score (nSPS) is 12.8. The lowest BCUT2D eigenvalue weighted by Crippen LogP contribution is -1.93. The van der Waals surface area contributed by atoms with Crippen LogP contribution in [-0.2, 0) is 0 Å². The molecule has 33 valence electrons. The molecule has 0 spiro atoms. The van der Waals surface area contributed by atoms with E-state index < -0.39 is 0 Å². The first-order chi connectivity index (χ1) is 2.81. The number of hydrogen-bond acceptors (Lipinski definition) is 1. The minimum atomic E-state index is -0.0926. The maximum Gasteiger partial charge on any atom is 0.0566 e. The van der Waals surface area contributed by atoms with Gasteiger partial charge in [-0.3, -0.25) is 0 Å². The summed E-state index contributed by atoms with van der Waals surface area (Å²) in [4.78, 5) is 0. The van der Waals surface area contributed by atoms with E-state index in [0.29, 0.717) is 0 Å². The molecule has 0 rings (SSSR count). The van der Waals surface area contributed by atoms with Crippen LogP contribution in [0.1, 0.15) is 6.92 Å². The van der Waals surface area contributed by atoms with Gasteiger partial charge in [0.2, 0.25) is 0 Å². The Bertz CT molecular complexity index is 60.8. The van der Waals surface area contributed by atoms with Gasteiger partial charge < -0.3 is 5.11 Å². The lowest BCUT2D eigenvalue weighted by Gasteiger charge is -1.89. The molecule has 0 aromatic carbocycles. The van der Waals surface area contributed by atoms with Crippen molar-refractivity contribution in [2.24, 2.45) is 5.92 Å². The third-order valence-electron chi connectivity index (χ3n) is 0.520. The Balaban J connectivity index is 3.04. The second-order valence-corrected chi connectivity index (χ2v) is 1.23. The van der Waals surface area contributed by atoms with E-state index in [-0.39, 0.29) is 12.5 Å². The third-order valence-corrected chi connectivity index (χ3v) is 0.520. The highest BCUT2D eigenvalue weighted by molar-refractivity contribution is 4.82. The van der Waals surface area contributed by atoms with Gasteiger partial charge in [-0.15, -0.1) is 0 Å². The first-order valence-corrected chi connectivity index (χ1v) is 1.84. The summed E-state index contributed by atoms with van der Waals surface area (Å²) in [5, 5.41) is 8.15. The van der Waals surface area contributed by atoms with Crippen LogP contribution >= 0.6 is 0 Å². The molecule has 0 saturated heterocycles. The predicted molar refractivity (Wildman–Crippen MR) is 23.4 cm³/mol. The summed E-state index contributed by atoms with van der Waals surface area (Å²) in [6.07, 6.45) is 6.40. The van der Waals surface area contributed by atoms with Crippen LogP contribution in [0, 0.1) is 18.3 Å². The van der Waals surface area contributed by atoms with E-state index in [4.69, 9.17) is 11.5 Å². The average molecular weight is 83.1 g/mol. The monoisotopic (exact) mass is 83.0 g/mol. The second kappa shape index (κ2) is 2.74. The lowest BCUT2D eigenvalue weighted by molar-refractivity contribution is 0.266. The summed E-state index contributed by atoms with van der Waals surface area (Å²) in [5.74, 6) is 2.02. The van der Waals surface area contributed by atoms with Crippen molar-refractivity contribution in [3.63, 3.8) is 0 Å². The Labute approximate surface area is 38.0 Å². The van der Waals surface area contributed by atoms with Gasteiger partial charge in [0.15, 0.2) is 0 Å². The fraction of sp³-hybridized carbons (Fsp3) is 0.600. The van der Waals surface area contributed by atoms with Gasteiger partial charge in [0.05, 0.1) is 6.61 Å². The molecule has 6 heavy (non-hydrogen) atoms. The molecule has 0 aliphatic carbocycles. The highest BCUT2D eigenvalue weighted by Gasteiger charge is 1.87. The van der Waals surface area contributed by atoms with Crippen LogP contribution in [0.3, 0.4) is 0 Å². The van der Waals surface area contributed by atoms with E-state index >= 15 is 0 Å². The van der Waals surface area contributed by atoms with E-state index in [0.717, 1.165) is 0 Å². The molecule has 0 aliphatic rings. The highest BCUT2D eigenvalue weighted by atomic mass is 16.3. The van der Waals surface area contributed by atoms with E-state index in [1.807, 2.05) is 0 Å². The molecular formula is C5H7O. The summed E-state index contributed by atoms with van der Waals surface area (Å²) >= 11 is 0. The Hall–Kier alpha value is -0.480. The molecule has 1 nitrogen and oxygen atoms in total. The summed E-state index contributed by atoms with van der Waals surface area (Å²) in [6, 6.07) is 0. The van der Waals surface area contributed by atoms with Gasteiger partial charge in [0, 0.05) is 5.92 Å². The second-order valence-electron chi connectivity index (χ2n) is 1.23. The van der Waals surface area contributed by atoms with Crippen molar-refractivity contribution in [2.75, 3.05) is 6.61 Å². The van der Waals surface area contributed by atoms with Crippen molar-refractivity contribution in [3.8, 4) is 5.92 Å². The van der Waals surface area contributed by atoms with Crippen molar-refractivity contribution < 1.29 is 5.11 Å². The van der Waals surface area contributed by atoms with Crippen molar-refractivity contribution >= 4 is 0 Å². The predicted octanol–water partition coefficient (Wildman–Crippen LogP) is 0.205. The van der Waals surface area contributed by atoms with Crippen LogP contribution in [0.5, 0.6) is 0 Å². The molecule has 1 radical (unpaired) electrons. The van der Waals surface area contributed by atoms with Crippen LogP contribution in [0.2, 0.25) is 0 Å². The fourth-order valence-electron chi connectivity index (χ4n) is 0.0456. The van der Waals surface area contributed by atoms with Crippen LogP contribution in [0.4, 0.5) is 0 Å². The quantitative estimate of drug-likeness (QED) is 0.449. The number of aliphatic hydroxyl groups excluding tert-OH is 1. The first-order valence-electron chi connectivity index (χ1n) is 1.84. The van der Waals surface area contributed by atoms with Crippen LogP contribution in [-0.4, -0.2) is 11.7 Å². The Morgan fingerprint density at radius 3 is 2.50 bits per heavy atom. The molecule has 1 unspecified atom stereocenters. The molecule has 0 heterocycles. The molecule has 0 bridgehead atoms. The average Bonchev–Trinajstić information content (AvgIpc) is 1.65. The fourth-order valence-corrected chi connectivity index (χ4v) is 0.0456. The summed E-state index contributed by atoms with van der Waals surface area (Å²) in [7, 11) is 0. The maximum atomic E-state index is 8.15. The van der Waals surface area contributed by atoms with Crippen LogP contribution in [0.25, 0.3) is 0 Å². The van der Waals surface area contributed by atoms with Crippen molar-refractivity contribution in [1.29, 1.82) is 0 Å². The topological polar surface area (TPSA) is 20.2 Å². The Morgan fingerprint density at radius 2 is 2.50 bits per heavy atom. The Morgan fingerprint density at radius 1 is 2.00 bits per heavy atom. The summed E-state index contributed by atoms with van der Waals surface area (Å²) in [5.41, 5.74) is 0. The highest BCUT2D eigenvalue weighted by Crippen LogP contribution is 1.84. The molecule has 0 saturated carbocycles. The van der Waals surface area contributed by atoms with E-state index in [1.54, 1.807) is 6.92 Å². The molecule has 0 amide bonds. The molecule has 0 aromatic rings. The molecule has 0 aliphatic heterocycles. The zero-order valence-corrected chi connectivity index (χ0v) is 3.73. The van der Waals surface area contributed by atoms with Gasteiger partial charge in [-0.2, -0.15) is 0 Å². The molecule has 0 fully saturated rings. The minimum absolute atomic E-state index is 0.0312. The Kier molecular flexibility index (Phi) is 2.52. The lowest BCUT2D eigenvalue weighted by atomic mass is 10.2. The molecule has 0 aromatic heterocycles. The van der Waals surface area contributed by atoms with Crippen molar-refractivity contribution in [2.45, 2.75) is 6.92 Å². The van der Waals surface area contributed by atoms with Gasteiger partial charge in [-0.25, -0.2) is 0 Å². The van der Waals surface area contributed by atoms with E-state index in [9.17, 15) is 0 Å². The first kappa shape index (κ1) is 5.52. The van der Waals surface area contributed by atoms with Gasteiger partial charge in [0.1, 0.15) is 0 Å². The smallest absolute Gasteiger partial charge is 0.0566 e. The van der Waals surface area contributed by atoms with Crippen molar-refractivity contribution in [3.05, 3.63) is 6.42 Å². The minimum Gasteiger partial charge on any atom is -0.395 e. The van der Waals surface area contributed by atoms with Crippen molar-refractivity contribution in [1.82, 2.24) is 0 Å². The third kappa shape index (κ3) is 1.80. The molecular weight excluding hydrogens is 76.1 g/mol. The summed E-state index contributed by atoms with van der Waals surface area (Å²) in [6.45, 7) is 1.76. The van der Waals surface area contributed by atoms with Gasteiger partial charge in [-0.1, -0.05) is 5.92 Å². The molecule has 1 heteroatoms. The van der Waals surface area contributed by atoms with E-state index in [1.165, 1.54) is 0 Å². The van der Waals surface area contributed by atoms with Gasteiger partial charge in [-0.05, 0) is 13.3 Å². The molecule has 1 atom stereocenters. The van der Waals surface area contributed by atoms with Crippen LogP contribution in [0.15, 0.2) is 0 Å². The van der Waals surface area contributed by atoms with E-state index in [2.05, 4.69) is 5.92 Å². The summed E-state index contributed by atoms with van der Waals surface area (Å²) < 4.78 is 0. The zero-order valence-electron chi connectivity index (χ0n) is 3.73. The van der Waals surface area contributed by atoms with Gasteiger partial charge >= 0.3 is 0 Å². The largest absolute Gasteiger partial charge is 0.395 e. The SMILES string of the molecule is [C]#CC(C)CO. The standard InChI is InChI=1S/C5H7O/c1-3-5(2)4-6/h5-6H,4H2,2H3. The zero-order chi connectivity index (χ0) is 4.99. The molecule has 1 N–H and O–H groups in total. The number of rotatable bonds is 1.